The van der Waals surface area contributed by atoms with Crippen LogP contribution in [0.2, 0.25) is 0 Å². The zero-order chi connectivity index (χ0) is 15.9. The number of para-hydroxylation sites is 2. The summed E-state index contributed by atoms with van der Waals surface area (Å²) < 4.78 is 8.57. The molecular weight excluding hydrogens is 282 g/mol. The fraction of sp³-hybridized carbons (Fsp3) is 0.500. The molecule has 22 heavy (non-hydrogen) atoms. The summed E-state index contributed by atoms with van der Waals surface area (Å²) in [6.07, 6.45) is 0. The molecule has 0 radical (unpaired) electrons. The van der Waals surface area contributed by atoms with E-state index in [2.05, 4.69) is 0 Å². The summed E-state index contributed by atoms with van der Waals surface area (Å²) in [6.45, 7) is 5.64. The van der Waals surface area contributed by atoms with Gasteiger partial charge < -0.3 is 9.64 Å². The summed E-state index contributed by atoms with van der Waals surface area (Å²) in [5.74, 6) is -0.0493. The summed E-state index contributed by atoms with van der Waals surface area (Å²) in [7, 11) is 1.73. The molecule has 118 valence electrons. The number of fused-ring (bicyclic) bond motifs is 1. The second-order valence-corrected chi connectivity index (χ2v) is 6.33. The lowest BCUT2D eigenvalue weighted by Crippen LogP contribution is -2.56. The van der Waals surface area contributed by atoms with Crippen molar-refractivity contribution in [3.8, 4) is 0 Å². The van der Waals surface area contributed by atoms with Gasteiger partial charge in [-0.3, -0.25) is 13.9 Å². The van der Waals surface area contributed by atoms with Gasteiger partial charge in [0.1, 0.15) is 6.54 Å². The number of imidazole rings is 1. The molecule has 6 nitrogen and oxygen atoms in total. The number of nitrogens with zero attached hydrogens (tertiary/aromatic N) is 3. The minimum atomic E-state index is -0.344. The minimum Gasteiger partial charge on any atom is -0.377 e. The van der Waals surface area contributed by atoms with Crippen molar-refractivity contribution in [1.82, 2.24) is 14.0 Å². The Kier molecular flexibility index (Phi) is 3.56. The molecule has 1 aromatic heterocycles. The molecule has 1 aliphatic heterocycles. The third kappa shape index (κ3) is 2.33. The van der Waals surface area contributed by atoms with Gasteiger partial charge in [-0.05, 0) is 26.0 Å². The number of hydrogen-bond donors (Lipinski definition) is 0. The van der Waals surface area contributed by atoms with E-state index in [0.29, 0.717) is 19.8 Å². The number of hydrogen-bond acceptors (Lipinski definition) is 3. The van der Waals surface area contributed by atoms with Gasteiger partial charge in [-0.2, -0.15) is 0 Å². The highest BCUT2D eigenvalue weighted by molar-refractivity contribution is 5.81. The van der Waals surface area contributed by atoms with Gasteiger partial charge in [-0.1, -0.05) is 12.1 Å². The second-order valence-electron chi connectivity index (χ2n) is 6.33. The van der Waals surface area contributed by atoms with Gasteiger partial charge in [0.2, 0.25) is 5.91 Å². The average molecular weight is 303 g/mol. The third-order valence-corrected chi connectivity index (χ3v) is 4.29. The Balaban J connectivity index is 1.95. The molecular formula is C16H21N3O3. The van der Waals surface area contributed by atoms with E-state index in [-0.39, 0.29) is 23.7 Å². The minimum absolute atomic E-state index is 0.0493. The van der Waals surface area contributed by atoms with Crippen LogP contribution >= 0.6 is 0 Å². The predicted molar refractivity (Wildman–Crippen MR) is 83.8 cm³/mol. The van der Waals surface area contributed by atoms with Crippen molar-refractivity contribution < 1.29 is 9.53 Å². The van der Waals surface area contributed by atoms with Crippen molar-refractivity contribution in [2.45, 2.75) is 25.9 Å². The molecule has 0 atom stereocenters. The topological polar surface area (TPSA) is 56.5 Å². The number of benzene rings is 1. The number of amides is 1. The van der Waals surface area contributed by atoms with Crippen LogP contribution in [0.15, 0.2) is 29.1 Å². The van der Waals surface area contributed by atoms with Crippen LogP contribution in [0.3, 0.4) is 0 Å². The van der Waals surface area contributed by atoms with E-state index in [1.807, 2.05) is 43.0 Å². The average Bonchev–Trinajstić information content (AvgIpc) is 2.72. The Morgan fingerprint density at radius 2 is 1.95 bits per heavy atom. The molecule has 2 heterocycles. The molecule has 1 fully saturated rings. The van der Waals surface area contributed by atoms with Gasteiger partial charge in [0, 0.05) is 13.6 Å². The summed E-state index contributed by atoms with van der Waals surface area (Å²) in [4.78, 5) is 26.9. The summed E-state index contributed by atoms with van der Waals surface area (Å²) in [5.41, 5.74) is 1.11. The predicted octanol–water partition coefficient (Wildman–Crippen LogP) is 0.977. The first-order valence-corrected chi connectivity index (χ1v) is 7.44. The highest BCUT2D eigenvalue weighted by Crippen LogP contribution is 2.20. The van der Waals surface area contributed by atoms with Gasteiger partial charge in [-0.15, -0.1) is 0 Å². The van der Waals surface area contributed by atoms with Crippen LogP contribution in [0.25, 0.3) is 11.0 Å². The number of morpholine rings is 1. The molecule has 1 aliphatic rings. The maximum atomic E-state index is 12.7. The molecule has 0 saturated carbocycles. The van der Waals surface area contributed by atoms with Crippen LogP contribution in [0, 0.1) is 0 Å². The molecule has 0 N–H and O–H groups in total. The van der Waals surface area contributed by atoms with Crippen LogP contribution in [0.4, 0.5) is 0 Å². The maximum Gasteiger partial charge on any atom is 0.329 e. The van der Waals surface area contributed by atoms with Crippen LogP contribution < -0.4 is 5.69 Å². The van der Waals surface area contributed by atoms with E-state index in [9.17, 15) is 9.59 Å². The molecule has 3 rings (SSSR count). The van der Waals surface area contributed by atoms with E-state index >= 15 is 0 Å². The number of rotatable bonds is 2. The first-order chi connectivity index (χ1) is 10.4. The fourth-order valence-electron chi connectivity index (χ4n) is 3.06. The normalized spacial score (nSPS) is 17.9. The molecule has 1 amide bonds. The number of aromatic nitrogens is 2. The van der Waals surface area contributed by atoms with Gasteiger partial charge in [-0.25, -0.2) is 4.79 Å². The maximum absolute atomic E-state index is 12.7. The fourth-order valence-corrected chi connectivity index (χ4v) is 3.06. The zero-order valence-corrected chi connectivity index (χ0v) is 13.2. The Hall–Kier alpha value is -2.08. The first kappa shape index (κ1) is 14.8. The van der Waals surface area contributed by atoms with E-state index < -0.39 is 0 Å². The van der Waals surface area contributed by atoms with Crippen molar-refractivity contribution in [3.05, 3.63) is 34.7 Å². The second kappa shape index (κ2) is 5.28. The number of aryl methyl sites for hydroxylation is 1. The number of carbonyl (C=O) groups excluding carboxylic acids is 1. The van der Waals surface area contributed by atoms with Crippen molar-refractivity contribution >= 4 is 16.9 Å². The smallest absolute Gasteiger partial charge is 0.329 e. The summed E-state index contributed by atoms with van der Waals surface area (Å²) in [5, 5.41) is 0. The van der Waals surface area contributed by atoms with Crippen LogP contribution in [0.1, 0.15) is 13.8 Å². The Morgan fingerprint density at radius 3 is 2.64 bits per heavy atom. The van der Waals surface area contributed by atoms with Crippen LogP contribution in [0.5, 0.6) is 0 Å². The largest absolute Gasteiger partial charge is 0.377 e. The molecule has 1 aromatic carbocycles. The molecule has 0 unspecified atom stereocenters. The highest BCUT2D eigenvalue weighted by Gasteiger charge is 2.34. The van der Waals surface area contributed by atoms with E-state index in [0.717, 1.165) is 11.0 Å². The van der Waals surface area contributed by atoms with E-state index in [1.165, 1.54) is 0 Å². The lowest BCUT2D eigenvalue weighted by Gasteiger charge is -2.42. The lowest BCUT2D eigenvalue weighted by atomic mass is 10.0. The Labute approximate surface area is 128 Å². The van der Waals surface area contributed by atoms with Gasteiger partial charge in [0.15, 0.2) is 0 Å². The van der Waals surface area contributed by atoms with Gasteiger partial charge >= 0.3 is 5.69 Å². The van der Waals surface area contributed by atoms with E-state index in [4.69, 9.17) is 4.74 Å². The van der Waals surface area contributed by atoms with Gasteiger partial charge in [0.25, 0.3) is 0 Å². The molecule has 0 aliphatic carbocycles. The number of ether oxygens (including phenoxy) is 1. The quantitative estimate of drug-likeness (QED) is 0.831. The molecule has 2 aromatic rings. The SMILES string of the molecule is Cn1c(=O)n(CC(=O)N2CCOCC2(C)C)c2ccccc21. The summed E-state index contributed by atoms with van der Waals surface area (Å²) >= 11 is 0. The summed E-state index contributed by atoms with van der Waals surface area (Å²) in [6, 6.07) is 7.52. The Bertz CT molecular complexity index is 773. The Morgan fingerprint density at radius 1 is 1.27 bits per heavy atom. The standard InChI is InChI=1S/C16H21N3O3/c1-16(2)11-22-9-8-19(16)14(20)10-18-13-7-5-4-6-12(13)17(3)15(18)21/h4-7H,8-11H2,1-3H3. The monoisotopic (exact) mass is 303 g/mol. The lowest BCUT2D eigenvalue weighted by molar-refractivity contribution is -0.146. The third-order valence-electron chi connectivity index (χ3n) is 4.29. The van der Waals surface area contributed by atoms with Crippen LogP contribution in [-0.2, 0) is 23.1 Å². The van der Waals surface area contributed by atoms with Crippen molar-refractivity contribution in [2.75, 3.05) is 19.8 Å². The molecule has 0 bridgehead atoms. The number of carbonyl (C=O) groups is 1. The van der Waals surface area contributed by atoms with Crippen molar-refractivity contribution in [1.29, 1.82) is 0 Å². The first-order valence-electron chi connectivity index (χ1n) is 7.44. The zero-order valence-electron chi connectivity index (χ0n) is 13.2. The molecule has 1 saturated heterocycles. The van der Waals surface area contributed by atoms with Crippen molar-refractivity contribution in [2.24, 2.45) is 7.05 Å². The molecule has 0 spiro atoms. The van der Waals surface area contributed by atoms with Crippen molar-refractivity contribution in [3.63, 3.8) is 0 Å². The highest BCUT2D eigenvalue weighted by atomic mass is 16.5. The van der Waals surface area contributed by atoms with E-state index in [1.54, 1.807) is 16.2 Å². The van der Waals surface area contributed by atoms with Crippen LogP contribution in [-0.4, -0.2) is 45.2 Å². The molecule has 6 heteroatoms. The van der Waals surface area contributed by atoms with Gasteiger partial charge in [0.05, 0.1) is 29.8 Å².